The van der Waals surface area contributed by atoms with Gasteiger partial charge in [0.2, 0.25) is 5.69 Å². The second-order valence-electron chi connectivity index (χ2n) is 3.51. The van der Waals surface area contributed by atoms with E-state index in [1.807, 2.05) is 0 Å². The minimum Gasteiger partial charge on any atom is -0.504 e. The van der Waals surface area contributed by atoms with Crippen LogP contribution >= 0.6 is 15.9 Å². The first kappa shape index (κ1) is 13.0. The number of hydrogen-bond acceptors (Lipinski definition) is 5. The molecule has 0 atom stereocenters. The molecule has 0 spiro atoms. The van der Waals surface area contributed by atoms with Gasteiger partial charge in [-0.1, -0.05) is 0 Å². The number of carbonyl (C=O) groups is 1. The minimum absolute atomic E-state index is 0.120. The van der Waals surface area contributed by atoms with Gasteiger partial charge in [0, 0.05) is 12.1 Å². The molecule has 2 rings (SSSR count). The molecule has 0 amide bonds. The largest absolute Gasteiger partial charge is 0.504 e. The average Bonchev–Trinajstić information content (AvgIpc) is 2.71. The summed E-state index contributed by atoms with van der Waals surface area (Å²) in [5.41, 5.74) is -0.246. The highest BCUT2D eigenvalue weighted by Crippen LogP contribution is 2.27. The van der Waals surface area contributed by atoms with Crippen LogP contribution in [0.2, 0.25) is 0 Å². The predicted octanol–water partition coefficient (Wildman–Crippen LogP) is 1.95. The summed E-state index contributed by atoms with van der Waals surface area (Å²) in [4.78, 5) is 20.8. The molecule has 1 heterocycles. The number of aromatic carboxylic acids is 1. The number of halogens is 1. The van der Waals surface area contributed by atoms with E-state index in [9.17, 15) is 20.0 Å². The molecule has 0 aliphatic heterocycles. The van der Waals surface area contributed by atoms with E-state index in [0.29, 0.717) is 10.2 Å². The zero-order chi connectivity index (χ0) is 14.2. The van der Waals surface area contributed by atoms with E-state index in [1.54, 1.807) is 0 Å². The van der Waals surface area contributed by atoms with Crippen molar-refractivity contribution in [1.29, 1.82) is 0 Å². The molecule has 8 nitrogen and oxygen atoms in total. The van der Waals surface area contributed by atoms with Gasteiger partial charge in [-0.05, 0) is 22.0 Å². The summed E-state index contributed by atoms with van der Waals surface area (Å²) in [6.07, 6.45) is 1.11. The molecule has 2 N–H and O–H groups in total. The van der Waals surface area contributed by atoms with E-state index in [-0.39, 0.29) is 5.69 Å². The van der Waals surface area contributed by atoms with Gasteiger partial charge in [-0.3, -0.25) is 10.1 Å². The van der Waals surface area contributed by atoms with E-state index in [1.165, 1.54) is 18.2 Å². The van der Waals surface area contributed by atoms with Crippen molar-refractivity contribution in [2.24, 2.45) is 0 Å². The molecular weight excluding hydrogens is 322 g/mol. The lowest BCUT2D eigenvalue weighted by Crippen LogP contribution is -2.02. The minimum atomic E-state index is -1.37. The molecule has 0 saturated carbocycles. The number of hydrogen-bond donors (Lipinski definition) is 2. The van der Waals surface area contributed by atoms with Crippen molar-refractivity contribution in [2.45, 2.75) is 0 Å². The van der Waals surface area contributed by atoms with Gasteiger partial charge < -0.3 is 10.2 Å². The van der Waals surface area contributed by atoms with Gasteiger partial charge in [0.1, 0.15) is 0 Å². The number of rotatable bonds is 3. The third kappa shape index (κ3) is 2.40. The molecule has 0 saturated heterocycles. The van der Waals surface area contributed by atoms with Gasteiger partial charge in [0.05, 0.1) is 21.3 Å². The molecular formula is C10H6BrN3O5. The molecule has 0 aliphatic rings. The van der Waals surface area contributed by atoms with Gasteiger partial charge in [0.25, 0.3) is 5.69 Å². The van der Waals surface area contributed by atoms with Crippen LogP contribution in [0.4, 0.5) is 5.69 Å². The van der Waals surface area contributed by atoms with Gasteiger partial charge >= 0.3 is 5.97 Å². The Kier molecular flexibility index (Phi) is 3.21. The Labute approximate surface area is 114 Å². The van der Waals surface area contributed by atoms with Crippen molar-refractivity contribution in [1.82, 2.24) is 9.78 Å². The molecule has 2 aromatic rings. The van der Waals surface area contributed by atoms with Gasteiger partial charge in [-0.2, -0.15) is 5.10 Å². The summed E-state index contributed by atoms with van der Waals surface area (Å²) in [7, 11) is 0. The van der Waals surface area contributed by atoms with E-state index in [0.717, 1.165) is 10.9 Å². The average molecular weight is 328 g/mol. The smallest absolute Gasteiger partial charge is 0.360 e. The van der Waals surface area contributed by atoms with Crippen LogP contribution < -0.4 is 0 Å². The lowest BCUT2D eigenvalue weighted by molar-refractivity contribution is -0.384. The van der Waals surface area contributed by atoms with Gasteiger partial charge in [0.15, 0.2) is 5.75 Å². The van der Waals surface area contributed by atoms with Crippen LogP contribution in [0.1, 0.15) is 10.5 Å². The number of benzene rings is 1. The summed E-state index contributed by atoms with van der Waals surface area (Å²) >= 11 is 3.13. The zero-order valence-electron chi connectivity index (χ0n) is 9.15. The standard InChI is InChI=1S/C10H6BrN3O5/c11-6-3-5(14(18)19)1-2-7(6)13-4-8(15)9(12-13)10(16)17/h1-4,15H,(H,16,17). The topological polar surface area (TPSA) is 118 Å². The summed E-state index contributed by atoms with van der Waals surface area (Å²) < 4.78 is 1.47. The fourth-order valence-electron chi connectivity index (χ4n) is 1.44. The Morgan fingerprint density at radius 2 is 2.16 bits per heavy atom. The number of nitro benzene ring substituents is 1. The Bertz CT molecular complexity index is 682. The molecule has 19 heavy (non-hydrogen) atoms. The zero-order valence-corrected chi connectivity index (χ0v) is 10.7. The third-order valence-electron chi connectivity index (χ3n) is 2.29. The monoisotopic (exact) mass is 327 g/mol. The highest BCUT2D eigenvalue weighted by Gasteiger charge is 2.17. The molecule has 0 radical (unpaired) electrons. The first-order chi connectivity index (χ1) is 8.90. The second kappa shape index (κ2) is 4.69. The normalized spacial score (nSPS) is 10.4. The maximum absolute atomic E-state index is 10.8. The summed E-state index contributed by atoms with van der Waals surface area (Å²) in [6.45, 7) is 0. The van der Waals surface area contributed by atoms with E-state index >= 15 is 0 Å². The Hall–Kier alpha value is -2.42. The van der Waals surface area contributed by atoms with E-state index in [2.05, 4.69) is 21.0 Å². The molecule has 9 heteroatoms. The number of nitrogens with zero attached hydrogens (tertiary/aromatic N) is 3. The number of aromatic hydroxyl groups is 1. The fraction of sp³-hybridized carbons (Fsp3) is 0. The number of aromatic nitrogens is 2. The molecule has 0 bridgehead atoms. The molecule has 98 valence electrons. The summed E-state index contributed by atoms with van der Waals surface area (Å²) in [5, 5.41) is 32.5. The van der Waals surface area contributed by atoms with Crippen molar-refractivity contribution in [3.8, 4) is 11.4 Å². The summed E-state index contributed by atoms with van der Waals surface area (Å²) in [5.74, 6) is -1.85. The van der Waals surface area contributed by atoms with Crippen molar-refractivity contribution >= 4 is 27.6 Å². The Morgan fingerprint density at radius 1 is 1.47 bits per heavy atom. The van der Waals surface area contributed by atoms with Crippen LogP contribution in [0.5, 0.6) is 5.75 Å². The van der Waals surface area contributed by atoms with E-state index in [4.69, 9.17) is 5.11 Å². The van der Waals surface area contributed by atoms with Gasteiger partial charge in [-0.15, -0.1) is 0 Å². The molecule has 0 unspecified atom stereocenters. The number of nitro groups is 1. The molecule has 0 aliphatic carbocycles. The van der Waals surface area contributed by atoms with E-state index < -0.39 is 22.3 Å². The van der Waals surface area contributed by atoms with Crippen molar-refractivity contribution in [3.63, 3.8) is 0 Å². The lowest BCUT2D eigenvalue weighted by atomic mass is 10.3. The maximum atomic E-state index is 10.8. The second-order valence-corrected chi connectivity index (χ2v) is 4.36. The van der Waals surface area contributed by atoms with Crippen LogP contribution in [0.25, 0.3) is 5.69 Å². The third-order valence-corrected chi connectivity index (χ3v) is 2.92. The maximum Gasteiger partial charge on any atom is 0.360 e. The Morgan fingerprint density at radius 3 is 2.63 bits per heavy atom. The Balaban J connectivity index is 2.50. The number of carboxylic acids is 1. The van der Waals surface area contributed by atoms with Gasteiger partial charge in [-0.25, -0.2) is 9.48 Å². The van der Waals surface area contributed by atoms with Crippen LogP contribution in [0.3, 0.4) is 0 Å². The lowest BCUT2D eigenvalue weighted by Gasteiger charge is -2.03. The highest BCUT2D eigenvalue weighted by atomic mass is 79.9. The first-order valence-corrected chi connectivity index (χ1v) is 5.65. The van der Waals surface area contributed by atoms with Crippen molar-refractivity contribution in [3.05, 3.63) is 44.7 Å². The quantitative estimate of drug-likeness (QED) is 0.656. The van der Waals surface area contributed by atoms with Crippen LogP contribution in [0, 0.1) is 10.1 Å². The van der Waals surface area contributed by atoms with Crippen LogP contribution in [-0.4, -0.2) is 30.9 Å². The fourth-order valence-corrected chi connectivity index (χ4v) is 1.98. The van der Waals surface area contributed by atoms with Crippen LogP contribution in [0.15, 0.2) is 28.9 Å². The predicted molar refractivity (Wildman–Crippen MR) is 66.5 cm³/mol. The highest BCUT2D eigenvalue weighted by molar-refractivity contribution is 9.10. The molecule has 1 aromatic carbocycles. The first-order valence-electron chi connectivity index (χ1n) is 4.86. The van der Waals surface area contributed by atoms with Crippen molar-refractivity contribution in [2.75, 3.05) is 0 Å². The number of carboxylic acid groups (broad SMARTS) is 1. The summed E-state index contributed by atoms with van der Waals surface area (Å²) in [6, 6.07) is 3.90. The van der Waals surface area contributed by atoms with Crippen molar-refractivity contribution < 1.29 is 19.9 Å². The number of non-ortho nitro benzene ring substituents is 1. The molecule has 0 fully saturated rings. The molecule has 1 aromatic heterocycles. The van der Waals surface area contributed by atoms with Crippen LogP contribution in [-0.2, 0) is 0 Å². The SMILES string of the molecule is O=C(O)c1nn(-c2ccc([N+](=O)[O-])cc2Br)cc1O.